The van der Waals surface area contributed by atoms with Crippen molar-refractivity contribution in [3.05, 3.63) is 72.1 Å². The summed E-state index contributed by atoms with van der Waals surface area (Å²) in [6.07, 6.45) is 4.21. The molecule has 4 nitrogen and oxygen atoms in total. The maximum Gasteiger partial charge on any atom is 0.248 e. The largest absolute Gasteiger partial charge is 0.320 e. The van der Waals surface area contributed by atoms with E-state index in [2.05, 4.69) is 15.3 Å². The van der Waals surface area contributed by atoms with Crippen molar-refractivity contribution < 1.29 is 13.6 Å². The van der Waals surface area contributed by atoms with Crippen LogP contribution in [0.3, 0.4) is 0 Å². The van der Waals surface area contributed by atoms with Gasteiger partial charge in [0.25, 0.3) is 0 Å². The summed E-state index contributed by atoms with van der Waals surface area (Å²) < 4.78 is 26.2. The normalized spacial score (nSPS) is 11.0. The van der Waals surface area contributed by atoms with E-state index < -0.39 is 17.5 Å². The Bertz CT molecular complexity index is 909. The van der Waals surface area contributed by atoms with E-state index in [0.717, 1.165) is 17.6 Å². The lowest BCUT2D eigenvalue weighted by atomic mass is 10.2. The number of carbonyl (C=O) groups excluding carboxylic acids is 1. The van der Waals surface area contributed by atoms with Crippen molar-refractivity contribution in [3.63, 3.8) is 0 Å². The molecule has 0 spiro atoms. The van der Waals surface area contributed by atoms with Crippen LogP contribution in [0.5, 0.6) is 0 Å². The van der Waals surface area contributed by atoms with Crippen LogP contribution in [-0.4, -0.2) is 15.9 Å². The van der Waals surface area contributed by atoms with Crippen LogP contribution in [-0.2, 0) is 4.79 Å². The minimum atomic E-state index is -0.836. The molecule has 2 aromatic carbocycles. The van der Waals surface area contributed by atoms with E-state index in [-0.39, 0.29) is 5.69 Å². The van der Waals surface area contributed by atoms with Gasteiger partial charge >= 0.3 is 0 Å². The second-order valence-corrected chi connectivity index (χ2v) is 4.73. The number of aromatic nitrogens is 2. The number of halogens is 2. The van der Waals surface area contributed by atoms with Crippen molar-refractivity contribution in [2.75, 3.05) is 5.32 Å². The maximum atomic E-state index is 13.4. The average molecular weight is 311 g/mol. The second kappa shape index (κ2) is 6.31. The number of hydrogen-bond donors (Lipinski definition) is 1. The van der Waals surface area contributed by atoms with Gasteiger partial charge in [0, 0.05) is 12.1 Å². The number of carbonyl (C=O) groups is 1. The Balaban J connectivity index is 1.74. The Morgan fingerprint density at radius 3 is 2.65 bits per heavy atom. The molecule has 0 saturated carbocycles. The number of nitrogens with one attached hydrogen (secondary N) is 1. The molecule has 0 aliphatic rings. The third kappa shape index (κ3) is 3.55. The molecule has 0 saturated heterocycles. The predicted molar refractivity (Wildman–Crippen MR) is 83.6 cm³/mol. The van der Waals surface area contributed by atoms with E-state index in [1.807, 2.05) is 24.3 Å². The summed E-state index contributed by atoms with van der Waals surface area (Å²) in [5, 5.41) is 2.33. The Morgan fingerprint density at radius 1 is 1.09 bits per heavy atom. The first-order chi connectivity index (χ1) is 11.1. The highest BCUT2D eigenvalue weighted by Gasteiger charge is 2.06. The highest BCUT2D eigenvalue weighted by Crippen LogP contribution is 2.15. The minimum Gasteiger partial charge on any atom is -0.320 e. The predicted octanol–water partition coefficient (Wildman–Crippen LogP) is 3.56. The van der Waals surface area contributed by atoms with Crippen molar-refractivity contribution >= 4 is 28.7 Å². The van der Waals surface area contributed by atoms with Gasteiger partial charge in [-0.2, -0.15) is 0 Å². The van der Waals surface area contributed by atoms with Crippen LogP contribution in [0.15, 0.2) is 54.7 Å². The van der Waals surface area contributed by atoms with Crippen LogP contribution < -0.4 is 5.32 Å². The summed E-state index contributed by atoms with van der Waals surface area (Å²) in [6, 6.07) is 10.3. The highest BCUT2D eigenvalue weighted by molar-refractivity contribution is 6.01. The fourth-order valence-electron chi connectivity index (χ4n) is 1.98. The topological polar surface area (TPSA) is 54.9 Å². The molecule has 0 bridgehead atoms. The fraction of sp³-hybridized carbons (Fsp3) is 0. The summed E-state index contributed by atoms with van der Waals surface area (Å²) in [7, 11) is 0. The summed E-state index contributed by atoms with van der Waals surface area (Å²) >= 11 is 0. The molecule has 1 aromatic heterocycles. The Hall–Kier alpha value is -3.15. The van der Waals surface area contributed by atoms with Gasteiger partial charge in [0.15, 0.2) is 0 Å². The van der Waals surface area contributed by atoms with Gasteiger partial charge in [0.05, 0.1) is 28.6 Å². The molecule has 0 radical (unpaired) electrons. The third-order valence-corrected chi connectivity index (χ3v) is 3.06. The molecular weight excluding hydrogens is 300 g/mol. The quantitative estimate of drug-likeness (QED) is 0.752. The van der Waals surface area contributed by atoms with E-state index in [1.165, 1.54) is 18.3 Å². The molecule has 0 atom stereocenters. The Kier molecular flexibility index (Phi) is 4.05. The minimum absolute atomic E-state index is 0.0920. The van der Waals surface area contributed by atoms with Crippen molar-refractivity contribution in [1.82, 2.24) is 9.97 Å². The van der Waals surface area contributed by atoms with Gasteiger partial charge in [-0.3, -0.25) is 9.78 Å². The van der Waals surface area contributed by atoms with Crippen molar-refractivity contribution in [1.29, 1.82) is 0 Å². The molecule has 1 N–H and O–H groups in total. The zero-order valence-corrected chi connectivity index (χ0v) is 11.8. The van der Waals surface area contributed by atoms with Crippen molar-refractivity contribution in [3.8, 4) is 0 Å². The number of rotatable bonds is 3. The van der Waals surface area contributed by atoms with Crippen molar-refractivity contribution in [2.24, 2.45) is 0 Å². The van der Waals surface area contributed by atoms with Gasteiger partial charge in [-0.1, -0.05) is 12.1 Å². The van der Waals surface area contributed by atoms with E-state index >= 15 is 0 Å². The Labute approximate surface area is 130 Å². The molecule has 114 valence electrons. The van der Waals surface area contributed by atoms with Crippen molar-refractivity contribution in [2.45, 2.75) is 0 Å². The standard InChI is InChI=1S/C17H11F2N3O/c18-11-5-7-14(13(19)9-11)22-17(23)8-6-12-10-20-15-3-1-2-4-16(15)21-12/h1-10H,(H,22,23)/b8-6+. The number of fused-ring (bicyclic) bond motifs is 1. The summed E-state index contributed by atoms with van der Waals surface area (Å²) in [5.74, 6) is -2.09. The van der Waals surface area contributed by atoms with E-state index in [4.69, 9.17) is 0 Å². The molecule has 1 amide bonds. The summed E-state index contributed by atoms with van der Waals surface area (Å²) in [5.41, 5.74) is 1.87. The second-order valence-electron chi connectivity index (χ2n) is 4.73. The van der Waals surface area contributed by atoms with Gasteiger partial charge < -0.3 is 5.32 Å². The fourth-order valence-corrected chi connectivity index (χ4v) is 1.98. The number of amides is 1. The lowest BCUT2D eigenvalue weighted by molar-refractivity contribution is -0.111. The third-order valence-electron chi connectivity index (χ3n) is 3.06. The molecule has 3 aromatic rings. The van der Waals surface area contributed by atoms with Crippen LogP contribution in [0.1, 0.15) is 5.69 Å². The van der Waals surface area contributed by atoms with Gasteiger partial charge in [-0.25, -0.2) is 13.8 Å². The number of hydrogen-bond acceptors (Lipinski definition) is 3. The number of anilines is 1. The SMILES string of the molecule is O=C(/C=C/c1cnc2ccccc2n1)Nc1ccc(F)cc1F. The zero-order valence-electron chi connectivity index (χ0n) is 11.8. The first-order valence-corrected chi connectivity index (χ1v) is 6.78. The van der Waals surface area contributed by atoms with Crippen LogP contribution in [0.4, 0.5) is 14.5 Å². The first-order valence-electron chi connectivity index (χ1n) is 6.78. The number of para-hydroxylation sites is 2. The highest BCUT2D eigenvalue weighted by atomic mass is 19.1. The maximum absolute atomic E-state index is 13.4. The van der Waals surface area contributed by atoms with Gasteiger partial charge in [0.1, 0.15) is 11.6 Å². The van der Waals surface area contributed by atoms with E-state index in [1.54, 1.807) is 0 Å². The summed E-state index contributed by atoms with van der Waals surface area (Å²) in [4.78, 5) is 20.3. The van der Waals surface area contributed by atoms with E-state index in [0.29, 0.717) is 17.3 Å². The molecule has 3 rings (SSSR count). The number of nitrogens with zero attached hydrogens (tertiary/aromatic N) is 2. The average Bonchev–Trinajstić information content (AvgIpc) is 2.55. The lowest BCUT2D eigenvalue weighted by Crippen LogP contribution is -2.09. The van der Waals surface area contributed by atoms with Crippen LogP contribution >= 0.6 is 0 Å². The van der Waals surface area contributed by atoms with Gasteiger partial charge in [-0.05, 0) is 30.3 Å². The summed E-state index contributed by atoms with van der Waals surface area (Å²) in [6.45, 7) is 0. The van der Waals surface area contributed by atoms with Crippen LogP contribution in [0.2, 0.25) is 0 Å². The Morgan fingerprint density at radius 2 is 1.87 bits per heavy atom. The van der Waals surface area contributed by atoms with Crippen LogP contribution in [0, 0.1) is 11.6 Å². The molecule has 6 heteroatoms. The van der Waals surface area contributed by atoms with Gasteiger partial charge in [-0.15, -0.1) is 0 Å². The monoisotopic (exact) mass is 311 g/mol. The van der Waals surface area contributed by atoms with E-state index in [9.17, 15) is 13.6 Å². The first kappa shape index (κ1) is 14.8. The molecule has 23 heavy (non-hydrogen) atoms. The molecule has 0 unspecified atom stereocenters. The van der Waals surface area contributed by atoms with Gasteiger partial charge in [0.2, 0.25) is 5.91 Å². The lowest BCUT2D eigenvalue weighted by Gasteiger charge is -2.03. The molecule has 0 fully saturated rings. The zero-order chi connectivity index (χ0) is 16.2. The smallest absolute Gasteiger partial charge is 0.248 e. The molecule has 0 aliphatic heterocycles. The molecular formula is C17H11F2N3O. The number of benzene rings is 2. The molecule has 1 heterocycles. The molecule has 0 aliphatic carbocycles. The van der Waals surface area contributed by atoms with Crippen LogP contribution in [0.25, 0.3) is 17.1 Å².